The Kier molecular flexibility index (Phi) is 23.6. The Bertz CT molecular complexity index is 659. The van der Waals surface area contributed by atoms with Crippen LogP contribution in [0.4, 0.5) is 0 Å². The standard InChI is InChI=1S/C12H18O4.C7H12O2.C5H8O2/c1-4-5-8-16-12(15)10(3)7-6-9(2)11(13)14;1-3-5-6-9-7(8)4-2;1-4(2)5(6)7-3/h6H,3-5,7-8H2,1-2H3,(H,13,14);4H,2-3,5-6H2,1H3;1H2,2-3H3. The van der Waals surface area contributed by atoms with Crippen LogP contribution < -0.4 is 0 Å². The molecule has 0 fully saturated rings. The van der Waals surface area contributed by atoms with Gasteiger partial charge in [-0.1, -0.05) is 52.5 Å². The molecule has 8 heteroatoms. The zero-order valence-corrected chi connectivity index (χ0v) is 20.0. The summed E-state index contributed by atoms with van der Waals surface area (Å²) in [5, 5.41) is 8.59. The first kappa shape index (κ1) is 33.5. The second-order valence-electron chi connectivity index (χ2n) is 6.49. The van der Waals surface area contributed by atoms with E-state index < -0.39 is 11.9 Å². The molecule has 0 aromatic rings. The largest absolute Gasteiger partial charge is 0.478 e. The summed E-state index contributed by atoms with van der Waals surface area (Å²) in [6, 6.07) is 0. The average molecular weight is 455 g/mol. The number of ether oxygens (including phenoxy) is 3. The molecule has 0 aromatic heterocycles. The predicted molar refractivity (Wildman–Crippen MR) is 124 cm³/mol. The third kappa shape index (κ3) is 23.1. The van der Waals surface area contributed by atoms with Gasteiger partial charge in [-0.3, -0.25) is 0 Å². The highest BCUT2D eigenvalue weighted by Gasteiger charge is 2.07. The minimum absolute atomic E-state index is 0.197. The van der Waals surface area contributed by atoms with Crippen molar-refractivity contribution >= 4 is 23.9 Å². The first-order chi connectivity index (χ1) is 15.0. The monoisotopic (exact) mass is 454 g/mol. The minimum atomic E-state index is -0.993. The van der Waals surface area contributed by atoms with Crippen LogP contribution in [0.15, 0.2) is 48.6 Å². The van der Waals surface area contributed by atoms with Gasteiger partial charge in [0, 0.05) is 22.8 Å². The number of carboxylic acid groups (broad SMARTS) is 1. The Morgan fingerprint density at radius 3 is 1.75 bits per heavy atom. The lowest BCUT2D eigenvalue weighted by Gasteiger charge is -2.04. The predicted octanol–water partition coefficient (Wildman–Crippen LogP) is 4.56. The van der Waals surface area contributed by atoms with Crippen molar-refractivity contribution in [2.24, 2.45) is 0 Å². The number of carbonyl (C=O) groups excluding carboxylic acids is 3. The van der Waals surface area contributed by atoms with Crippen molar-refractivity contribution in [1.29, 1.82) is 0 Å². The van der Waals surface area contributed by atoms with Crippen LogP contribution in [0.25, 0.3) is 0 Å². The quantitative estimate of drug-likeness (QED) is 0.197. The van der Waals surface area contributed by atoms with Crippen molar-refractivity contribution in [2.75, 3.05) is 20.3 Å². The van der Waals surface area contributed by atoms with Crippen molar-refractivity contribution in [1.82, 2.24) is 0 Å². The summed E-state index contributed by atoms with van der Waals surface area (Å²) in [5.41, 5.74) is 0.904. The van der Waals surface area contributed by atoms with Crippen molar-refractivity contribution in [2.45, 2.75) is 59.8 Å². The van der Waals surface area contributed by atoms with Crippen molar-refractivity contribution < 1.29 is 38.5 Å². The molecule has 32 heavy (non-hydrogen) atoms. The van der Waals surface area contributed by atoms with Gasteiger partial charge in [0.25, 0.3) is 0 Å². The molecule has 8 nitrogen and oxygen atoms in total. The van der Waals surface area contributed by atoms with E-state index in [0.717, 1.165) is 25.7 Å². The van der Waals surface area contributed by atoms with Crippen LogP contribution in [-0.2, 0) is 33.4 Å². The lowest BCUT2D eigenvalue weighted by Crippen LogP contribution is -2.08. The summed E-state index contributed by atoms with van der Waals surface area (Å²) in [4.78, 5) is 42.3. The molecule has 0 amide bonds. The molecule has 0 saturated heterocycles. The molecule has 0 heterocycles. The van der Waals surface area contributed by atoms with Gasteiger partial charge < -0.3 is 19.3 Å². The van der Waals surface area contributed by atoms with Crippen LogP contribution in [0, 0.1) is 0 Å². The molecular weight excluding hydrogens is 416 g/mol. The fourth-order valence-electron chi connectivity index (χ4n) is 1.41. The molecule has 0 aliphatic heterocycles. The molecule has 0 aliphatic carbocycles. The van der Waals surface area contributed by atoms with Gasteiger partial charge in [-0.15, -0.1) is 0 Å². The summed E-state index contributed by atoms with van der Waals surface area (Å²) in [6.45, 7) is 18.2. The highest BCUT2D eigenvalue weighted by Crippen LogP contribution is 2.06. The number of allylic oxidation sites excluding steroid dienone is 1. The Morgan fingerprint density at radius 1 is 0.906 bits per heavy atom. The van der Waals surface area contributed by atoms with Gasteiger partial charge in [-0.25, -0.2) is 19.2 Å². The second-order valence-corrected chi connectivity index (χ2v) is 6.49. The van der Waals surface area contributed by atoms with E-state index in [2.05, 4.69) is 29.2 Å². The summed E-state index contributed by atoms with van der Waals surface area (Å²) in [7, 11) is 1.33. The maximum Gasteiger partial charge on any atom is 0.333 e. The van der Waals surface area contributed by atoms with Gasteiger partial charge in [0.05, 0.1) is 20.3 Å². The normalized spacial score (nSPS) is 9.59. The average Bonchev–Trinajstić information content (AvgIpc) is 2.77. The molecule has 0 aromatic carbocycles. The smallest absolute Gasteiger partial charge is 0.333 e. The highest BCUT2D eigenvalue weighted by molar-refractivity contribution is 5.89. The number of carbonyl (C=O) groups is 4. The van der Waals surface area contributed by atoms with E-state index in [-0.39, 0.29) is 29.5 Å². The third-order valence-electron chi connectivity index (χ3n) is 3.45. The molecule has 0 saturated carbocycles. The van der Waals surface area contributed by atoms with E-state index in [4.69, 9.17) is 9.84 Å². The fraction of sp³-hybridized carbons (Fsp3) is 0.500. The zero-order valence-electron chi connectivity index (χ0n) is 20.0. The second kappa shape index (κ2) is 22.5. The van der Waals surface area contributed by atoms with Crippen LogP contribution in [0.5, 0.6) is 0 Å². The first-order valence-corrected chi connectivity index (χ1v) is 10.3. The van der Waals surface area contributed by atoms with E-state index in [0.29, 0.717) is 18.8 Å². The number of aliphatic carboxylic acids is 1. The van der Waals surface area contributed by atoms with Crippen LogP contribution in [0.3, 0.4) is 0 Å². The summed E-state index contributed by atoms with van der Waals surface area (Å²) in [6.07, 6.45) is 6.59. The molecule has 182 valence electrons. The lowest BCUT2D eigenvalue weighted by atomic mass is 10.1. The van der Waals surface area contributed by atoms with E-state index >= 15 is 0 Å². The molecule has 0 spiro atoms. The van der Waals surface area contributed by atoms with Crippen LogP contribution >= 0.6 is 0 Å². The maximum atomic E-state index is 11.3. The number of unbranched alkanes of at least 4 members (excludes halogenated alkanes) is 2. The molecule has 0 rings (SSSR count). The number of rotatable bonds is 12. The Labute approximate surface area is 191 Å². The van der Waals surface area contributed by atoms with Crippen molar-refractivity contribution in [3.63, 3.8) is 0 Å². The summed E-state index contributed by atoms with van der Waals surface area (Å²) in [5.74, 6) is -2.13. The Hall–Kier alpha value is -3.16. The SMILES string of the molecule is C=C(C)C(=O)OC.C=C(CC=C(C)C(=O)O)C(=O)OCCCC.C=CC(=O)OCCCC. The molecule has 0 unspecified atom stereocenters. The van der Waals surface area contributed by atoms with Gasteiger partial charge in [-0.05, 0) is 33.1 Å². The van der Waals surface area contributed by atoms with Crippen LogP contribution in [0.2, 0.25) is 0 Å². The van der Waals surface area contributed by atoms with Crippen LogP contribution in [0.1, 0.15) is 59.8 Å². The topological polar surface area (TPSA) is 116 Å². The van der Waals surface area contributed by atoms with E-state index in [1.807, 2.05) is 13.8 Å². The first-order valence-electron chi connectivity index (χ1n) is 10.3. The molecule has 0 bridgehead atoms. The maximum absolute atomic E-state index is 11.3. The lowest BCUT2D eigenvalue weighted by molar-refractivity contribution is -0.139. The van der Waals surface area contributed by atoms with Gasteiger partial charge in [0.1, 0.15) is 0 Å². The molecular formula is C24H38O8. The molecule has 0 radical (unpaired) electrons. The fourth-order valence-corrected chi connectivity index (χ4v) is 1.41. The molecule has 0 atom stereocenters. The minimum Gasteiger partial charge on any atom is -0.478 e. The van der Waals surface area contributed by atoms with Gasteiger partial charge in [0.2, 0.25) is 0 Å². The van der Waals surface area contributed by atoms with Crippen molar-refractivity contribution in [3.05, 3.63) is 48.6 Å². The zero-order chi connectivity index (χ0) is 25.5. The Balaban J connectivity index is -0.000000442. The number of esters is 3. The van der Waals surface area contributed by atoms with E-state index in [1.54, 1.807) is 6.92 Å². The number of carboxylic acids is 1. The van der Waals surface area contributed by atoms with E-state index in [1.165, 1.54) is 26.2 Å². The highest BCUT2D eigenvalue weighted by atomic mass is 16.5. The number of methoxy groups -OCH3 is 1. The van der Waals surface area contributed by atoms with E-state index in [9.17, 15) is 19.2 Å². The van der Waals surface area contributed by atoms with Gasteiger partial charge >= 0.3 is 23.9 Å². The Morgan fingerprint density at radius 2 is 1.41 bits per heavy atom. The summed E-state index contributed by atoms with van der Waals surface area (Å²) < 4.78 is 13.9. The number of hydrogen-bond donors (Lipinski definition) is 1. The molecule has 1 N–H and O–H groups in total. The summed E-state index contributed by atoms with van der Waals surface area (Å²) >= 11 is 0. The van der Waals surface area contributed by atoms with Gasteiger partial charge in [0.15, 0.2) is 0 Å². The van der Waals surface area contributed by atoms with Crippen molar-refractivity contribution in [3.8, 4) is 0 Å². The van der Waals surface area contributed by atoms with Crippen LogP contribution in [-0.4, -0.2) is 49.3 Å². The number of hydrogen-bond acceptors (Lipinski definition) is 7. The third-order valence-corrected chi connectivity index (χ3v) is 3.45. The molecule has 0 aliphatic rings. The van der Waals surface area contributed by atoms with Gasteiger partial charge in [-0.2, -0.15) is 0 Å².